The summed E-state index contributed by atoms with van der Waals surface area (Å²) in [6.07, 6.45) is 5.84. The first kappa shape index (κ1) is 29.5. The Hall–Kier alpha value is -5.23. The fraction of sp³-hybridized carbons (Fsp3) is 0.206. The van der Waals surface area contributed by atoms with Crippen LogP contribution in [0.1, 0.15) is 45.8 Å². The van der Waals surface area contributed by atoms with Gasteiger partial charge in [-0.05, 0) is 90.6 Å². The van der Waals surface area contributed by atoms with Gasteiger partial charge < -0.3 is 14.0 Å². The standard InChI is InChI=1S/C34H30BrN7O4/c1-19-7-8-22(32-20(2)39-46-21(32)3)15-30(19)42(23-9-10-28(26(35)16-23)40-14-13-36-18-40)38-27-6-4-5-24-25(27)17-41(34(24)45)29-11-12-31(43)37-33(29)44/h4-10,13-16,18,29,38H,11-12,17H2,1-3H3,(H,37,43,44). The van der Waals surface area contributed by atoms with Crippen LogP contribution < -0.4 is 15.8 Å². The number of amides is 3. The van der Waals surface area contributed by atoms with Crippen LogP contribution in [-0.4, -0.2) is 43.4 Å². The molecule has 4 heterocycles. The van der Waals surface area contributed by atoms with Gasteiger partial charge in [0, 0.05) is 46.5 Å². The molecule has 0 spiro atoms. The van der Waals surface area contributed by atoms with Crippen molar-refractivity contribution in [1.82, 2.24) is 24.9 Å². The Bertz CT molecular complexity index is 2000. The van der Waals surface area contributed by atoms with Gasteiger partial charge in [-0.15, -0.1) is 0 Å². The van der Waals surface area contributed by atoms with Gasteiger partial charge >= 0.3 is 0 Å². The van der Waals surface area contributed by atoms with E-state index in [9.17, 15) is 14.4 Å². The second-order valence-corrected chi connectivity index (χ2v) is 12.3. The molecule has 12 heteroatoms. The third-order valence-electron chi connectivity index (χ3n) is 8.56. The van der Waals surface area contributed by atoms with Crippen LogP contribution in [0.4, 0.5) is 17.1 Å². The number of nitrogens with one attached hydrogen (secondary N) is 2. The minimum absolute atomic E-state index is 0.195. The first-order chi connectivity index (χ1) is 22.2. The number of halogens is 1. The molecular weight excluding hydrogens is 650 g/mol. The number of anilines is 3. The monoisotopic (exact) mass is 679 g/mol. The second-order valence-electron chi connectivity index (χ2n) is 11.5. The van der Waals surface area contributed by atoms with Crippen LogP contribution in [0, 0.1) is 20.8 Å². The Morgan fingerprint density at radius 1 is 1.07 bits per heavy atom. The number of carbonyl (C=O) groups excluding carboxylic acids is 3. The number of hydrogen-bond donors (Lipinski definition) is 2. The maximum absolute atomic E-state index is 13.6. The Kier molecular flexibility index (Phi) is 7.44. The van der Waals surface area contributed by atoms with E-state index in [2.05, 4.69) is 55.0 Å². The number of aromatic nitrogens is 3. The van der Waals surface area contributed by atoms with E-state index in [1.165, 1.54) is 0 Å². The average molecular weight is 681 g/mol. The number of fused-ring (bicyclic) bond motifs is 1. The number of hydrogen-bond acceptors (Lipinski definition) is 8. The van der Waals surface area contributed by atoms with Gasteiger partial charge in [-0.1, -0.05) is 23.4 Å². The number of imide groups is 1. The van der Waals surface area contributed by atoms with Crippen molar-refractivity contribution in [2.75, 3.05) is 10.4 Å². The third-order valence-corrected chi connectivity index (χ3v) is 9.19. The van der Waals surface area contributed by atoms with E-state index in [-0.39, 0.29) is 24.8 Å². The van der Waals surface area contributed by atoms with Gasteiger partial charge in [-0.3, -0.25) is 30.1 Å². The lowest BCUT2D eigenvalue weighted by molar-refractivity contribution is -0.136. The van der Waals surface area contributed by atoms with E-state index in [1.807, 2.05) is 66.9 Å². The number of piperidine rings is 1. The van der Waals surface area contributed by atoms with E-state index in [4.69, 9.17) is 4.52 Å². The van der Waals surface area contributed by atoms with Crippen LogP contribution >= 0.6 is 15.9 Å². The molecule has 1 unspecified atom stereocenters. The first-order valence-electron chi connectivity index (χ1n) is 14.8. The Balaban J connectivity index is 1.31. The van der Waals surface area contributed by atoms with E-state index in [0.717, 1.165) is 60.9 Å². The Morgan fingerprint density at radius 3 is 2.63 bits per heavy atom. The summed E-state index contributed by atoms with van der Waals surface area (Å²) in [7, 11) is 0. The van der Waals surface area contributed by atoms with Crippen molar-refractivity contribution >= 4 is 50.7 Å². The predicted octanol–water partition coefficient (Wildman–Crippen LogP) is 6.14. The molecule has 1 atom stereocenters. The molecule has 2 aromatic heterocycles. The summed E-state index contributed by atoms with van der Waals surface area (Å²) in [5, 5.41) is 8.53. The summed E-state index contributed by atoms with van der Waals surface area (Å²) in [4.78, 5) is 43.8. The molecular formula is C34H30BrN7O4. The molecule has 3 aromatic carbocycles. The molecule has 11 nitrogen and oxygen atoms in total. The second kappa shape index (κ2) is 11.6. The van der Waals surface area contributed by atoms with E-state index >= 15 is 0 Å². The van der Waals surface area contributed by atoms with Gasteiger partial charge in [0.05, 0.1) is 34.8 Å². The highest BCUT2D eigenvalue weighted by molar-refractivity contribution is 9.10. The molecule has 2 aliphatic heterocycles. The van der Waals surface area contributed by atoms with Crippen LogP contribution in [0.5, 0.6) is 0 Å². The fourth-order valence-corrected chi connectivity index (χ4v) is 6.79. The molecule has 0 saturated carbocycles. The minimum Gasteiger partial charge on any atom is -0.361 e. The number of imidazole rings is 1. The van der Waals surface area contributed by atoms with Crippen LogP contribution in [-0.2, 0) is 16.1 Å². The summed E-state index contributed by atoms with van der Waals surface area (Å²) >= 11 is 3.76. The number of rotatable bonds is 7. The van der Waals surface area contributed by atoms with Crippen LogP contribution in [0.3, 0.4) is 0 Å². The highest BCUT2D eigenvalue weighted by Gasteiger charge is 2.40. The third kappa shape index (κ3) is 5.14. The van der Waals surface area contributed by atoms with Gasteiger partial charge in [0.15, 0.2) is 0 Å². The zero-order valence-corrected chi connectivity index (χ0v) is 27.0. The number of benzene rings is 3. The van der Waals surface area contributed by atoms with Crippen molar-refractivity contribution in [3.05, 3.63) is 106 Å². The van der Waals surface area contributed by atoms with Crippen LogP contribution in [0.15, 0.2) is 82.3 Å². The molecule has 2 N–H and O–H groups in total. The smallest absolute Gasteiger partial charge is 0.255 e. The number of nitrogens with zero attached hydrogens (tertiary/aromatic N) is 5. The largest absolute Gasteiger partial charge is 0.361 e. The zero-order chi connectivity index (χ0) is 32.1. The highest BCUT2D eigenvalue weighted by Crippen LogP contribution is 2.39. The SMILES string of the molecule is Cc1ccc(-c2c(C)noc2C)cc1N(Nc1cccc2c1CN(C1CCC(=O)NC1=O)C2=O)c1ccc(-n2ccnc2)c(Br)c1. The van der Waals surface area contributed by atoms with Gasteiger partial charge in [0.1, 0.15) is 11.8 Å². The van der Waals surface area contributed by atoms with Crippen LogP contribution in [0.2, 0.25) is 0 Å². The van der Waals surface area contributed by atoms with Crippen molar-refractivity contribution in [3.63, 3.8) is 0 Å². The number of hydrazine groups is 1. The maximum Gasteiger partial charge on any atom is 0.255 e. The van der Waals surface area contributed by atoms with Crippen molar-refractivity contribution in [1.29, 1.82) is 0 Å². The molecule has 7 rings (SSSR count). The Labute approximate surface area is 273 Å². The molecule has 232 valence electrons. The zero-order valence-electron chi connectivity index (χ0n) is 25.4. The van der Waals surface area contributed by atoms with E-state index < -0.39 is 11.9 Å². The predicted molar refractivity (Wildman–Crippen MR) is 176 cm³/mol. The summed E-state index contributed by atoms with van der Waals surface area (Å²) < 4.78 is 8.26. The Morgan fingerprint density at radius 2 is 1.91 bits per heavy atom. The molecule has 0 radical (unpaired) electrons. The van der Waals surface area contributed by atoms with Gasteiger partial charge in [-0.2, -0.15) is 0 Å². The molecule has 0 aliphatic carbocycles. The summed E-state index contributed by atoms with van der Waals surface area (Å²) in [5.74, 6) is -0.262. The summed E-state index contributed by atoms with van der Waals surface area (Å²) in [5.41, 5.74) is 12.0. The molecule has 0 bridgehead atoms. The van der Waals surface area contributed by atoms with Gasteiger partial charge in [-0.25, -0.2) is 4.98 Å². The molecule has 1 saturated heterocycles. The number of carbonyl (C=O) groups is 3. The first-order valence-corrected chi connectivity index (χ1v) is 15.6. The van der Waals surface area contributed by atoms with Crippen molar-refractivity contribution in [2.45, 2.75) is 46.2 Å². The molecule has 46 heavy (non-hydrogen) atoms. The lowest BCUT2D eigenvalue weighted by Gasteiger charge is -2.31. The van der Waals surface area contributed by atoms with E-state index in [1.54, 1.807) is 23.5 Å². The van der Waals surface area contributed by atoms with Gasteiger partial charge in [0.2, 0.25) is 11.8 Å². The lowest BCUT2D eigenvalue weighted by atomic mass is 10.0. The summed E-state index contributed by atoms with van der Waals surface area (Å²) in [6.45, 7) is 6.10. The number of aryl methyl sites for hydroxylation is 3. The molecule has 5 aromatic rings. The topological polar surface area (TPSA) is 126 Å². The van der Waals surface area contributed by atoms with E-state index in [0.29, 0.717) is 12.0 Å². The van der Waals surface area contributed by atoms with Crippen molar-refractivity contribution in [3.8, 4) is 16.8 Å². The highest BCUT2D eigenvalue weighted by atomic mass is 79.9. The fourth-order valence-electron chi connectivity index (χ4n) is 6.22. The van der Waals surface area contributed by atoms with Crippen molar-refractivity contribution in [2.24, 2.45) is 0 Å². The normalized spacial score (nSPS) is 16.0. The molecule has 2 aliphatic rings. The van der Waals surface area contributed by atoms with Gasteiger partial charge in [0.25, 0.3) is 5.91 Å². The molecule has 3 amide bonds. The lowest BCUT2D eigenvalue weighted by Crippen LogP contribution is -2.52. The average Bonchev–Trinajstić information content (AvgIpc) is 3.77. The molecule has 1 fully saturated rings. The summed E-state index contributed by atoms with van der Waals surface area (Å²) in [6, 6.07) is 17.1. The van der Waals surface area contributed by atoms with Crippen molar-refractivity contribution < 1.29 is 18.9 Å². The minimum atomic E-state index is -0.706. The quantitative estimate of drug-likeness (QED) is 0.155. The maximum atomic E-state index is 13.6. The van der Waals surface area contributed by atoms with Crippen LogP contribution in [0.25, 0.3) is 16.8 Å².